The Labute approximate surface area is 867 Å². The predicted octanol–water partition coefficient (Wildman–Crippen LogP) is 34.2. The number of rotatable bonds is 104. The summed E-state index contributed by atoms with van der Waals surface area (Å²) >= 11 is 0. The number of carbonyl (C=O) groups is 10. The molecule has 0 aromatic rings. The quantitative estimate of drug-likeness (QED) is 0.0195. The van der Waals surface area contributed by atoms with Crippen molar-refractivity contribution in [3.8, 4) is 0 Å². The van der Waals surface area contributed by atoms with Gasteiger partial charge in [0.15, 0.2) is 12.2 Å². The summed E-state index contributed by atoms with van der Waals surface area (Å²) in [5.41, 5.74) is 0. The van der Waals surface area contributed by atoms with E-state index in [-0.39, 0.29) is 99.8 Å². The summed E-state index contributed by atoms with van der Waals surface area (Å²) in [5.74, 6) is -4.31. The molecule has 0 radical (unpaired) electrons. The SMILES string of the molecule is C=CC(=O)O.C=CC(=O)OC(CCCCCCCCC)CCCCCCCC(=O)OCC(COC(=O)CCCCCCC/C=C/CCCCCC)OC(=O)CCCCCCCC(CCCC(CCCCC)OC(=O)C=C)OC(=O)C=C.CCCCC/C=C/C/C=C/CCCCCCCC(=O)OC(COC(=O)CCCCCCC/C=C/CCCCCC)COC(=O)CCCCCCC/C=C/CCCCCCCC. The van der Waals surface area contributed by atoms with Gasteiger partial charge in [-0.2, -0.15) is 0 Å². The summed E-state index contributed by atoms with van der Waals surface area (Å²) in [7, 11) is 0. The molecule has 0 spiro atoms. The Morgan fingerprint density at radius 1 is 0.197 bits per heavy atom. The lowest BCUT2D eigenvalue weighted by Crippen LogP contribution is -2.30. The third-order valence-electron chi connectivity index (χ3n) is 25.2. The van der Waals surface area contributed by atoms with Gasteiger partial charge in [0.05, 0.1) is 0 Å². The van der Waals surface area contributed by atoms with Crippen molar-refractivity contribution >= 4 is 59.7 Å². The number of allylic oxidation sites excluding steroid dienone is 10. The number of ether oxygens (including phenoxy) is 9. The lowest BCUT2D eigenvalue weighted by molar-refractivity contribution is -0.167. The molecule has 0 bridgehead atoms. The Hall–Kier alpha value is -7.64. The Morgan fingerprint density at radius 2 is 0.366 bits per heavy atom. The second kappa shape index (κ2) is 114. The Bertz CT molecular complexity index is 3150. The molecule has 5 atom stereocenters. The van der Waals surface area contributed by atoms with E-state index in [1.807, 2.05) is 0 Å². The lowest BCUT2D eigenvalue weighted by Gasteiger charge is -2.20. The van der Waals surface area contributed by atoms with E-state index in [0.717, 1.165) is 256 Å². The zero-order valence-electron chi connectivity index (χ0n) is 91.7. The van der Waals surface area contributed by atoms with Gasteiger partial charge in [-0.05, 0) is 218 Å². The van der Waals surface area contributed by atoms with E-state index >= 15 is 0 Å². The monoisotopic (exact) mass is 2000 g/mol. The van der Waals surface area contributed by atoms with Crippen LogP contribution in [0.25, 0.3) is 0 Å². The van der Waals surface area contributed by atoms with E-state index in [1.165, 1.54) is 204 Å². The average molecular weight is 2000 g/mol. The lowest BCUT2D eigenvalue weighted by atomic mass is 10.00. The molecule has 0 aliphatic carbocycles. The molecule has 0 aromatic heterocycles. The van der Waals surface area contributed by atoms with E-state index in [4.69, 9.17) is 47.7 Å². The molecule has 0 aliphatic heterocycles. The molecular weight excluding hydrogens is 1790 g/mol. The van der Waals surface area contributed by atoms with Crippen LogP contribution in [-0.4, -0.2) is 122 Å². The molecule has 0 aromatic carbocycles. The van der Waals surface area contributed by atoms with Crippen LogP contribution in [0, 0.1) is 0 Å². The van der Waals surface area contributed by atoms with Gasteiger partial charge in [0.1, 0.15) is 44.7 Å². The minimum Gasteiger partial charge on any atom is -0.478 e. The number of esters is 9. The molecule has 142 heavy (non-hydrogen) atoms. The average Bonchev–Trinajstić information content (AvgIpc) is 0.992. The van der Waals surface area contributed by atoms with E-state index in [2.05, 4.69) is 129 Å². The molecule has 820 valence electrons. The second-order valence-electron chi connectivity index (χ2n) is 38.8. The predicted molar refractivity (Wildman–Crippen MR) is 586 cm³/mol. The van der Waals surface area contributed by atoms with Crippen molar-refractivity contribution in [2.75, 3.05) is 26.4 Å². The molecule has 0 saturated heterocycles. The first kappa shape index (κ1) is 138. The first-order valence-corrected chi connectivity index (χ1v) is 57.9. The zero-order valence-corrected chi connectivity index (χ0v) is 91.7. The van der Waals surface area contributed by atoms with Crippen molar-refractivity contribution in [2.45, 2.75) is 579 Å². The molecule has 0 aliphatic rings. The number of carboxylic acid groups (broad SMARTS) is 1. The summed E-state index contributed by atoms with van der Waals surface area (Å²) in [5, 5.41) is 7.60. The molecule has 0 saturated carbocycles. The van der Waals surface area contributed by atoms with Gasteiger partial charge in [0.2, 0.25) is 0 Å². The van der Waals surface area contributed by atoms with Crippen LogP contribution in [-0.2, 0) is 90.6 Å². The van der Waals surface area contributed by atoms with Crippen molar-refractivity contribution in [2.24, 2.45) is 0 Å². The van der Waals surface area contributed by atoms with Crippen molar-refractivity contribution in [1.82, 2.24) is 0 Å². The van der Waals surface area contributed by atoms with Gasteiger partial charge in [-0.1, -0.05) is 379 Å². The number of hydrogen-bond acceptors (Lipinski definition) is 19. The van der Waals surface area contributed by atoms with Gasteiger partial charge in [0.25, 0.3) is 0 Å². The van der Waals surface area contributed by atoms with Crippen LogP contribution in [0.4, 0.5) is 0 Å². The van der Waals surface area contributed by atoms with E-state index in [1.54, 1.807) is 0 Å². The van der Waals surface area contributed by atoms with E-state index < -0.39 is 36.1 Å². The topological polar surface area (TPSA) is 274 Å². The summed E-state index contributed by atoms with van der Waals surface area (Å²) in [4.78, 5) is 122. The number of carboxylic acids is 1. The van der Waals surface area contributed by atoms with Crippen molar-refractivity contribution in [3.63, 3.8) is 0 Å². The Kier molecular flexibility index (Phi) is 111. The fourth-order valence-corrected chi connectivity index (χ4v) is 16.4. The molecule has 0 rings (SSSR count). The molecule has 20 heteroatoms. The Morgan fingerprint density at radius 3 is 0.599 bits per heavy atom. The van der Waals surface area contributed by atoms with Crippen molar-refractivity contribution < 1.29 is 95.7 Å². The van der Waals surface area contributed by atoms with Gasteiger partial charge in [0, 0.05) is 62.8 Å². The number of aliphatic carboxylic acids is 1. The molecule has 0 amide bonds. The first-order chi connectivity index (χ1) is 69.3. The number of hydrogen-bond donors (Lipinski definition) is 1. The third kappa shape index (κ3) is 110. The summed E-state index contributed by atoms with van der Waals surface area (Å²) in [6.45, 7) is 26.4. The molecular formula is C122H212O20. The van der Waals surface area contributed by atoms with Gasteiger partial charge >= 0.3 is 59.7 Å². The highest BCUT2D eigenvalue weighted by Crippen LogP contribution is 2.24. The molecule has 20 nitrogen and oxygen atoms in total. The van der Waals surface area contributed by atoms with Crippen LogP contribution in [0.5, 0.6) is 0 Å². The van der Waals surface area contributed by atoms with Crippen LogP contribution in [0.3, 0.4) is 0 Å². The minimum atomic E-state index is -0.981. The van der Waals surface area contributed by atoms with Crippen molar-refractivity contribution in [1.29, 1.82) is 0 Å². The van der Waals surface area contributed by atoms with Gasteiger partial charge in [-0.3, -0.25) is 28.8 Å². The second-order valence-corrected chi connectivity index (χ2v) is 38.8. The maximum absolute atomic E-state index is 13.1. The first-order valence-electron chi connectivity index (χ1n) is 57.9. The minimum absolute atomic E-state index is 0.0850. The van der Waals surface area contributed by atoms with Crippen LogP contribution < -0.4 is 0 Å². The third-order valence-corrected chi connectivity index (χ3v) is 25.2. The highest BCUT2D eigenvalue weighted by Gasteiger charge is 2.24. The molecule has 1 N–H and O–H groups in total. The van der Waals surface area contributed by atoms with Crippen LogP contribution in [0.1, 0.15) is 549 Å². The smallest absolute Gasteiger partial charge is 0.330 e. The fourth-order valence-electron chi connectivity index (χ4n) is 16.4. The summed E-state index contributed by atoms with van der Waals surface area (Å²) in [6.07, 6.45) is 105. The van der Waals surface area contributed by atoms with Gasteiger partial charge in [-0.15, -0.1) is 0 Å². The van der Waals surface area contributed by atoms with Crippen LogP contribution >= 0.6 is 0 Å². The van der Waals surface area contributed by atoms with Gasteiger partial charge < -0.3 is 47.7 Å². The summed E-state index contributed by atoms with van der Waals surface area (Å²) in [6, 6.07) is 0. The van der Waals surface area contributed by atoms with E-state index in [9.17, 15) is 47.9 Å². The highest BCUT2D eigenvalue weighted by atomic mass is 16.6. The number of carbonyl (C=O) groups excluding carboxylic acids is 9. The standard InChI is InChI=1S/C64H110O12.C55H98O6.C3H4O2/c1-7-13-16-18-20-21-22-23-24-25-27-33-40-50-62(68)71-53-58(54-72-63(69)51-41-34-28-31-38-46-55(73-59(65)10-4)45-37-30-26-19-17-14-8-2)76-64(70)52-42-35-29-32-39-47-57(75-61(67)12-6)49-43-48-56(44-36-15-9-3)74-60(66)11-5;1-4-7-10-13-16-19-22-25-27-30-33-36-39-42-45-48-54(57)60-51-52(50-59-53(56)47-44-41-38-35-32-29-24-21-18-15-12-9-6-3)61-55(58)49-46-43-40-37-34-31-28-26-23-20-17-14-11-8-5-2;1-2-3(4)5/h10-12,21-22,55-58H,4-9,13-20,23-54H2,1-3H3;17,20-21,24-28,52H,4-16,18-19,22-23,29-51H2,1-3H3;2H,1H2,(H,4,5)/b22-21+;20-17+,24-21+,27-25+,28-26+;. The molecule has 0 fully saturated rings. The molecule has 5 unspecified atom stereocenters. The molecule has 0 heterocycles. The zero-order chi connectivity index (χ0) is 105. The van der Waals surface area contributed by atoms with Crippen molar-refractivity contribution in [3.05, 3.63) is 111 Å². The Balaban J connectivity index is -0.00000265. The summed E-state index contributed by atoms with van der Waals surface area (Å²) < 4.78 is 50.5. The number of unbranched alkanes of at least 4 members (excludes halogenated alkanes) is 53. The normalized spacial score (nSPS) is 12.4. The fraction of sp³-hybridized carbons (Fsp3) is 0.770. The maximum Gasteiger partial charge on any atom is 0.330 e. The van der Waals surface area contributed by atoms with E-state index in [0.29, 0.717) is 51.4 Å². The van der Waals surface area contributed by atoms with Gasteiger partial charge in [-0.25, -0.2) is 19.2 Å². The van der Waals surface area contributed by atoms with Crippen LogP contribution in [0.15, 0.2) is 111 Å². The largest absolute Gasteiger partial charge is 0.478 e. The maximum atomic E-state index is 13.1. The van der Waals surface area contributed by atoms with Crippen LogP contribution in [0.2, 0.25) is 0 Å². The highest BCUT2D eigenvalue weighted by molar-refractivity contribution is 5.82.